The summed E-state index contributed by atoms with van der Waals surface area (Å²) in [6.45, 7) is 2.13. The molecule has 9 heteroatoms. The monoisotopic (exact) mass is 316 g/mol. The number of nitrogens with one attached hydrogen (secondary N) is 2. The average molecular weight is 316 g/mol. The number of H-pyrrole nitrogens is 1. The van der Waals surface area contributed by atoms with E-state index < -0.39 is 11.8 Å². The van der Waals surface area contributed by atoms with E-state index in [1.807, 2.05) is 0 Å². The summed E-state index contributed by atoms with van der Waals surface area (Å²) in [6, 6.07) is 6.36. The normalized spacial score (nSPS) is 12.4. The van der Waals surface area contributed by atoms with Crippen molar-refractivity contribution in [2.45, 2.75) is 25.8 Å². The highest BCUT2D eigenvalue weighted by Gasteiger charge is 2.20. The summed E-state index contributed by atoms with van der Waals surface area (Å²) >= 11 is 0. The molecular weight excluding hydrogens is 300 g/mol. The highest BCUT2D eigenvalue weighted by atomic mass is 16.4. The first-order valence-corrected chi connectivity index (χ1v) is 7.27. The van der Waals surface area contributed by atoms with Crippen molar-refractivity contribution in [2.24, 2.45) is 0 Å². The second-order valence-electron chi connectivity index (χ2n) is 5.10. The number of carbonyl (C=O) groups is 1. The smallest absolute Gasteiger partial charge is 0.408 e. The fourth-order valence-electron chi connectivity index (χ4n) is 2.36. The zero-order valence-electron chi connectivity index (χ0n) is 12.5. The quantitative estimate of drug-likeness (QED) is 0.636. The predicted molar refractivity (Wildman–Crippen MR) is 80.7 cm³/mol. The van der Waals surface area contributed by atoms with Crippen LogP contribution in [0.5, 0.6) is 0 Å². The van der Waals surface area contributed by atoms with Crippen molar-refractivity contribution < 1.29 is 9.21 Å². The lowest BCUT2D eigenvalue weighted by molar-refractivity contribution is -0.123. The van der Waals surface area contributed by atoms with E-state index in [9.17, 15) is 9.59 Å². The maximum atomic E-state index is 12.2. The van der Waals surface area contributed by atoms with Gasteiger partial charge in [0.15, 0.2) is 11.4 Å². The number of aromatic amines is 1. The van der Waals surface area contributed by atoms with Crippen molar-refractivity contribution in [1.29, 1.82) is 0 Å². The molecule has 0 bridgehead atoms. The van der Waals surface area contributed by atoms with Crippen molar-refractivity contribution in [2.75, 3.05) is 6.54 Å². The van der Waals surface area contributed by atoms with Gasteiger partial charge in [-0.3, -0.25) is 9.36 Å². The lowest BCUT2D eigenvalue weighted by Crippen LogP contribution is -2.35. The van der Waals surface area contributed by atoms with Crippen molar-refractivity contribution in [3.63, 3.8) is 0 Å². The molecule has 1 atom stereocenters. The first-order chi connectivity index (χ1) is 11.2. The van der Waals surface area contributed by atoms with Crippen LogP contribution in [-0.4, -0.2) is 37.6 Å². The van der Waals surface area contributed by atoms with Gasteiger partial charge in [-0.25, -0.2) is 4.79 Å². The van der Waals surface area contributed by atoms with Gasteiger partial charge in [-0.1, -0.05) is 17.3 Å². The van der Waals surface area contributed by atoms with E-state index in [2.05, 4.69) is 25.9 Å². The third-order valence-electron chi connectivity index (χ3n) is 3.55. The van der Waals surface area contributed by atoms with E-state index in [4.69, 9.17) is 4.42 Å². The number of para-hydroxylation sites is 2. The molecule has 1 aromatic carbocycles. The summed E-state index contributed by atoms with van der Waals surface area (Å²) in [5.41, 5.74) is 1.07. The minimum absolute atomic E-state index is 0.244. The maximum Gasteiger partial charge on any atom is 0.420 e. The average Bonchev–Trinajstić information content (AvgIpc) is 3.17. The van der Waals surface area contributed by atoms with Gasteiger partial charge in [-0.05, 0) is 25.5 Å². The van der Waals surface area contributed by atoms with Gasteiger partial charge in [0.1, 0.15) is 6.04 Å². The zero-order chi connectivity index (χ0) is 16.2. The topological polar surface area (TPSA) is 119 Å². The molecule has 23 heavy (non-hydrogen) atoms. The molecule has 0 spiro atoms. The highest BCUT2D eigenvalue weighted by molar-refractivity contribution is 5.82. The first kappa shape index (κ1) is 14.9. The summed E-state index contributed by atoms with van der Waals surface area (Å²) in [6.07, 6.45) is 1.29. The minimum atomic E-state index is -0.656. The van der Waals surface area contributed by atoms with Crippen LogP contribution < -0.4 is 11.1 Å². The third kappa shape index (κ3) is 3.12. The number of amides is 1. The van der Waals surface area contributed by atoms with E-state index >= 15 is 0 Å². The van der Waals surface area contributed by atoms with Crippen LogP contribution in [0.15, 0.2) is 33.5 Å². The van der Waals surface area contributed by atoms with Gasteiger partial charge in [0.2, 0.25) is 5.91 Å². The number of benzene rings is 1. The maximum absolute atomic E-state index is 12.2. The molecule has 2 aromatic heterocycles. The molecule has 0 radical (unpaired) electrons. The lowest BCUT2D eigenvalue weighted by atomic mass is 10.2. The molecule has 0 fully saturated rings. The number of hydrogen-bond donors (Lipinski definition) is 2. The molecule has 3 aromatic rings. The molecule has 120 valence electrons. The molecule has 0 aliphatic heterocycles. The summed E-state index contributed by atoms with van der Waals surface area (Å²) in [7, 11) is 0. The first-order valence-electron chi connectivity index (χ1n) is 7.27. The Labute approximate surface area is 130 Å². The number of nitrogens with zero attached hydrogens (tertiary/aromatic N) is 4. The van der Waals surface area contributed by atoms with Gasteiger partial charge >= 0.3 is 5.76 Å². The van der Waals surface area contributed by atoms with Gasteiger partial charge in [0.25, 0.3) is 0 Å². The van der Waals surface area contributed by atoms with Gasteiger partial charge in [0, 0.05) is 13.0 Å². The molecule has 9 nitrogen and oxygen atoms in total. The molecule has 0 saturated heterocycles. The van der Waals surface area contributed by atoms with Crippen LogP contribution in [0, 0.1) is 0 Å². The summed E-state index contributed by atoms with van der Waals surface area (Å²) in [5.74, 6) is -0.184. The number of fused-ring (bicyclic) bond motifs is 1. The number of oxazole rings is 1. The van der Waals surface area contributed by atoms with Crippen LogP contribution in [-0.2, 0) is 11.2 Å². The molecular formula is C14H16N6O3. The molecule has 3 rings (SSSR count). The Kier molecular flexibility index (Phi) is 4.18. The van der Waals surface area contributed by atoms with Gasteiger partial charge < -0.3 is 9.73 Å². The Morgan fingerprint density at radius 2 is 2.26 bits per heavy atom. The fraction of sp³-hybridized carbons (Fsp3) is 0.357. The largest absolute Gasteiger partial charge is 0.420 e. The standard InChI is InChI=1S/C14H16N6O3/c1-9(13(21)15-8-4-7-12-16-18-19-17-12)20-10-5-2-3-6-11(10)23-14(20)22/h2-3,5-6,9H,4,7-8H2,1H3,(H,15,21)(H,16,17,18,19)/t9-/m0/s1. The molecule has 0 aliphatic rings. The number of tetrazole rings is 1. The van der Waals surface area contributed by atoms with Crippen LogP contribution in [0.3, 0.4) is 0 Å². The zero-order valence-corrected chi connectivity index (χ0v) is 12.5. The lowest BCUT2D eigenvalue weighted by Gasteiger charge is -2.12. The highest BCUT2D eigenvalue weighted by Crippen LogP contribution is 2.16. The van der Waals surface area contributed by atoms with Crippen molar-refractivity contribution in [1.82, 2.24) is 30.5 Å². The van der Waals surface area contributed by atoms with Crippen molar-refractivity contribution >= 4 is 17.0 Å². The number of aromatic nitrogens is 5. The fourth-order valence-corrected chi connectivity index (χ4v) is 2.36. The number of carbonyl (C=O) groups excluding carboxylic acids is 1. The van der Waals surface area contributed by atoms with Gasteiger partial charge in [0.05, 0.1) is 5.52 Å². The molecule has 0 unspecified atom stereocenters. The number of hydrogen-bond acceptors (Lipinski definition) is 6. The van der Waals surface area contributed by atoms with Crippen LogP contribution >= 0.6 is 0 Å². The van der Waals surface area contributed by atoms with E-state index in [0.717, 1.165) is 0 Å². The molecule has 2 N–H and O–H groups in total. The van der Waals surface area contributed by atoms with Crippen molar-refractivity contribution in [3.05, 3.63) is 40.6 Å². The minimum Gasteiger partial charge on any atom is -0.408 e. The molecule has 0 saturated carbocycles. The van der Waals surface area contributed by atoms with Gasteiger partial charge in [-0.2, -0.15) is 5.21 Å². The van der Waals surface area contributed by atoms with E-state index in [-0.39, 0.29) is 5.91 Å². The SMILES string of the molecule is C[C@@H](C(=O)NCCCc1nn[nH]n1)n1c(=O)oc2ccccc21. The predicted octanol–water partition coefficient (Wildman–Crippen LogP) is 0.418. The van der Waals surface area contributed by atoms with E-state index in [0.29, 0.717) is 36.3 Å². The number of aryl methyl sites for hydroxylation is 1. The van der Waals surface area contributed by atoms with Crippen LogP contribution in [0.4, 0.5) is 0 Å². The van der Waals surface area contributed by atoms with Gasteiger partial charge in [-0.15, -0.1) is 10.2 Å². The Balaban J connectivity index is 1.62. The molecule has 2 heterocycles. The Hall–Kier alpha value is -2.97. The summed E-state index contributed by atoms with van der Waals surface area (Å²) in [5, 5.41) is 16.3. The third-order valence-corrected chi connectivity index (χ3v) is 3.55. The summed E-state index contributed by atoms with van der Waals surface area (Å²) < 4.78 is 6.50. The Morgan fingerprint density at radius 1 is 1.43 bits per heavy atom. The number of rotatable bonds is 6. The van der Waals surface area contributed by atoms with Crippen molar-refractivity contribution in [3.8, 4) is 0 Å². The van der Waals surface area contributed by atoms with E-state index in [1.165, 1.54) is 4.57 Å². The second-order valence-corrected chi connectivity index (χ2v) is 5.10. The second kappa shape index (κ2) is 6.42. The Bertz CT molecular complexity index is 851. The Morgan fingerprint density at radius 3 is 3.04 bits per heavy atom. The summed E-state index contributed by atoms with van der Waals surface area (Å²) in [4.78, 5) is 24.2. The molecule has 1 amide bonds. The molecule has 0 aliphatic carbocycles. The van der Waals surface area contributed by atoms with Crippen LogP contribution in [0.25, 0.3) is 11.1 Å². The van der Waals surface area contributed by atoms with Crippen LogP contribution in [0.1, 0.15) is 25.2 Å². The van der Waals surface area contributed by atoms with E-state index in [1.54, 1.807) is 31.2 Å². The van der Waals surface area contributed by atoms with Crippen LogP contribution in [0.2, 0.25) is 0 Å².